The maximum atomic E-state index is 14.0. The number of methoxy groups -OCH3 is 2. The van der Waals surface area contributed by atoms with E-state index in [4.69, 9.17) is 14.2 Å². The van der Waals surface area contributed by atoms with Crippen molar-refractivity contribution < 1.29 is 23.8 Å². The lowest BCUT2D eigenvalue weighted by Crippen LogP contribution is -2.48. The van der Waals surface area contributed by atoms with Gasteiger partial charge in [-0.1, -0.05) is 43.5 Å². The summed E-state index contributed by atoms with van der Waals surface area (Å²) in [4.78, 5) is 30.6. The zero-order valence-electron chi connectivity index (χ0n) is 23.7. The lowest BCUT2D eigenvalue weighted by atomic mass is 9.94. The Kier molecular flexibility index (Phi) is 10.9. The number of thiophene rings is 1. The molecule has 7 nitrogen and oxygen atoms in total. The van der Waals surface area contributed by atoms with Crippen LogP contribution in [0.3, 0.4) is 0 Å². The number of ether oxygens (including phenoxy) is 3. The molecule has 1 aromatic heterocycles. The van der Waals surface area contributed by atoms with Gasteiger partial charge in [-0.25, -0.2) is 0 Å². The van der Waals surface area contributed by atoms with Crippen molar-refractivity contribution in [2.45, 2.75) is 64.0 Å². The van der Waals surface area contributed by atoms with E-state index in [0.29, 0.717) is 31.1 Å². The Hall–Kier alpha value is -3.52. The number of hydrogen-bond donors (Lipinski definition) is 1. The molecule has 0 aliphatic heterocycles. The van der Waals surface area contributed by atoms with Crippen LogP contribution in [0.5, 0.6) is 17.2 Å². The first kappa shape index (κ1) is 29.5. The maximum Gasteiger partial charge on any atom is 0.247 e. The lowest BCUT2D eigenvalue weighted by molar-refractivity contribution is -0.140. The SMILES string of the molecule is CCOc1ccc([C@@H](C(=O)NC2CCCCC2)N(CCc2ccc(OC)c(OC)c2)C(=O)Cc2cccs2)cc1. The fourth-order valence-electron chi connectivity index (χ4n) is 5.26. The summed E-state index contributed by atoms with van der Waals surface area (Å²) in [6, 6.07) is 16.6. The van der Waals surface area contributed by atoms with Crippen molar-refractivity contribution in [3.8, 4) is 17.2 Å². The molecule has 0 saturated heterocycles. The van der Waals surface area contributed by atoms with Gasteiger partial charge < -0.3 is 24.4 Å². The van der Waals surface area contributed by atoms with E-state index >= 15 is 0 Å². The van der Waals surface area contributed by atoms with Crippen molar-refractivity contribution in [2.75, 3.05) is 27.4 Å². The summed E-state index contributed by atoms with van der Waals surface area (Å²) in [5.74, 6) is 1.80. The van der Waals surface area contributed by atoms with E-state index in [2.05, 4.69) is 5.32 Å². The maximum absolute atomic E-state index is 14.0. The van der Waals surface area contributed by atoms with Crippen LogP contribution in [0.2, 0.25) is 0 Å². The number of benzene rings is 2. The molecule has 1 fully saturated rings. The first-order valence-corrected chi connectivity index (χ1v) is 15.0. The molecule has 1 heterocycles. The van der Waals surface area contributed by atoms with Crippen molar-refractivity contribution in [1.82, 2.24) is 10.2 Å². The van der Waals surface area contributed by atoms with Crippen LogP contribution in [0.4, 0.5) is 0 Å². The fraction of sp³-hybridized carbons (Fsp3) is 0.438. The molecule has 1 aliphatic rings. The molecule has 1 N–H and O–H groups in total. The molecule has 2 aromatic carbocycles. The summed E-state index contributed by atoms with van der Waals surface area (Å²) in [6.07, 6.45) is 6.16. The highest BCUT2D eigenvalue weighted by Gasteiger charge is 2.33. The predicted octanol–water partition coefficient (Wildman–Crippen LogP) is 5.97. The van der Waals surface area contributed by atoms with Gasteiger partial charge in [-0.3, -0.25) is 9.59 Å². The zero-order chi connectivity index (χ0) is 28.3. The smallest absolute Gasteiger partial charge is 0.247 e. The summed E-state index contributed by atoms with van der Waals surface area (Å²) in [7, 11) is 3.21. The number of nitrogens with zero attached hydrogens (tertiary/aromatic N) is 1. The van der Waals surface area contributed by atoms with E-state index in [0.717, 1.165) is 47.4 Å². The number of carbonyl (C=O) groups is 2. The largest absolute Gasteiger partial charge is 0.494 e. The predicted molar refractivity (Wildman–Crippen MR) is 158 cm³/mol. The number of hydrogen-bond acceptors (Lipinski definition) is 6. The van der Waals surface area contributed by atoms with Gasteiger partial charge in [-0.15, -0.1) is 11.3 Å². The molecule has 0 bridgehead atoms. The first-order valence-electron chi connectivity index (χ1n) is 14.1. The highest BCUT2D eigenvalue weighted by molar-refractivity contribution is 7.10. The van der Waals surface area contributed by atoms with Crippen molar-refractivity contribution in [3.05, 3.63) is 76.0 Å². The average Bonchev–Trinajstić information content (AvgIpc) is 3.49. The monoisotopic (exact) mass is 564 g/mol. The molecule has 0 spiro atoms. The second-order valence-electron chi connectivity index (χ2n) is 10.0. The van der Waals surface area contributed by atoms with E-state index in [9.17, 15) is 9.59 Å². The summed E-state index contributed by atoms with van der Waals surface area (Å²) in [6.45, 7) is 2.87. The third-order valence-electron chi connectivity index (χ3n) is 7.33. The molecule has 4 rings (SSSR count). The van der Waals surface area contributed by atoms with E-state index in [1.807, 2.05) is 66.9 Å². The molecule has 8 heteroatoms. The summed E-state index contributed by atoms with van der Waals surface area (Å²) >= 11 is 1.55. The Balaban J connectivity index is 1.66. The van der Waals surface area contributed by atoms with Crippen molar-refractivity contribution in [2.24, 2.45) is 0 Å². The second-order valence-corrected chi connectivity index (χ2v) is 11.1. The van der Waals surface area contributed by atoms with Crippen molar-refractivity contribution >= 4 is 23.2 Å². The third-order valence-corrected chi connectivity index (χ3v) is 8.21. The standard InChI is InChI=1S/C32H40N2O5S/c1-4-39-26-15-13-24(14-16-26)31(32(36)33-25-9-6-5-7-10-25)34(30(35)22-27-11-8-20-40-27)19-18-23-12-17-28(37-2)29(21-23)38-3/h8,11-17,20-21,25,31H,4-7,9-10,18-19,22H2,1-3H3,(H,33,36)/t31-/m0/s1. The molecule has 1 saturated carbocycles. The van der Waals surface area contributed by atoms with Crippen LogP contribution in [0.1, 0.15) is 61.1 Å². The first-order chi connectivity index (χ1) is 19.5. The molecule has 2 amide bonds. The lowest BCUT2D eigenvalue weighted by Gasteiger charge is -2.33. The van der Waals surface area contributed by atoms with Gasteiger partial charge in [0.05, 0.1) is 27.2 Å². The molecule has 3 aromatic rings. The highest BCUT2D eigenvalue weighted by Crippen LogP contribution is 2.30. The van der Waals surface area contributed by atoms with Crippen molar-refractivity contribution in [1.29, 1.82) is 0 Å². The van der Waals surface area contributed by atoms with Gasteiger partial charge in [0.15, 0.2) is 11.5 Å². The second kappa shape index (κ2) is 14.7. The quantitative estimate of drug-likeness (QED) is 0.277. The summed E-state index contributed by atoms with van der Waals surface area (Å²) in [5, 5.41) is 5.25. The zero-order valence-corrected chi connectivity index (χ0v) is 24.5. The molecule has 0 unspecified atom stereocenters. The van der Waals surface area contributed by atoms with Crippen LogP contribution in [0, 0.1) is 0 Å². The Morgan fingerprint density at radius 3 is 2.40 bits per heavy atom. The minimum Gasteiger partial charge on any atom is -0.494 e. The Bertz CT molecular complexity index is 1220. The molecular formula is C32H40N2O5S. The van der Waals surface area contributed by atoms with Crippen LogP contribution < -0.4 is 19.5 Å². The van der Waals surface area contributed by atoms with Gasteiger partial charge >= 0.3 is 0 Å². The normalized spacial score (nSPS) is 14.3. The van der Waals surface area contributed by atoms with E-state index in [-0.39, 0.29) is 24.3 Å². The van der Waals surface area contributed by atoms with Gasteiger partial charge in [0.1, 0.15) is 11.8 Å². The van der Waals surface area contributed by atoms with E-state index in [1.54, 1.807) is 30.5 Å². The molecule has 214 valence electrons. The van der Waals surface area contributed by atoms with Gasteiger partial charge in [-0.05, 0) is 73.0 Å². The molecule has 40 heavy (non-hydrogen) atoms. The van der Waals surface area contributed by atoms with Crippen LogP contribution in [0.25, 0.3) is 0 Å². The number of carbonyl (C=O) groups excluding carboxylic acids is 2. The van der Waals surface area contributed by atoms with Gasteiger partial charge in [-0.2, -0.15) is 0 Å². The van der Waals surface area contributed by atoms with Crippen LogP contribution in [-0.2, 0) is 22.4 Å². The number of rotatable bonds is 13. The Morgan fingerprint density at radius 1 is 1.00 bits per heavy atom. The summed E-state index contributed by atoms with van der Waals surface area (Å²) in [5.41, 5.74) is 1.76. The van der Waals surface area contributed by atoms with Crippen LogP contribution in [0.15, 0.2) is 60.0 Å². The molecule has 1 atom stereocenters. The van der Waals surface area contributed by atoms with Crippen LogP contribution in [-0.4, -0.2) is 50.1 Å². The van der Waals surface area contributed by atoms with Gasteiger partial charge in [0.25, 0.3) is 0 Å². The van der Waals surface area contributed by atoms with Crippen molar-refractivity contribution in [3.63, 3.8) is 0 Å². The third kappa shape index (κ3) is 7.78. The molecule has 1 aliphatic carbocycles. The Labute approximate surface area is 241 Å². The minimum absolute atomic E-state index is 0.0828. The molecular weight excluding hydrogens is 524 g/mol. The summed E-state index contributed by atoms with van der Waals surface area (Å²) < 4.78 is 16.5. The molecule has 0 radical (unpaired) electrons. The van der Waals surface area contributed by atoms with Gasteiger partial charge in [0, 0.05) is 17.5 Å². The van der Waals surface area contributed by atoms with Crippen LogP contribution >= 0.6 is 11.3 Å². The Morgan fingerprint density at radius 2 is 1.75 bits per heavy atom. The van der Waals surface area contributed by atoms with E-state index < -0.39 is 6.04 Å². The minimum atomic E-state index is -0.759. The topological polar surface area (TPSA) is 77.1 Å². The fourth-order valence-corrected chi connectivity index (χ4v) is 5.96. The number of amides is 2. The average molecular weight is 565 g/mol. The van der Waals surface area contributed by atoms with E-state index in [1.165, 1.54) is 6.42 Å². The highest BCUT2D eigenvalue weighted by atomic mass is 32.1. The number of nitrogens with one attached hydrogen (secondary N) is 1. The van der Waals surface area contributed by atoms with Gasteiger partial charge in [0.2, 0.25) is 11.8 Å².